The van der Waals surface area contributed by atoms with Gasteiger partial charge in [-0.3, -0.25) is 14.5 Å². The van der Waals surface area contributed by atoms with E-state index in [-0.39, 0.29) is 12.5 Å². The molecule has 1 aliphatic heterocycles. The first-order valence-corrected chi connectivity index (χ1v) is 10.2. The lowest BCUT2D eigenvalue weighted by Gasteiger charge is -2.33. The first kappa shape index (κ1) is 19.6. The number of anilines is 1. The molecule has 0 saturated carbocycles. The molecule has 1 atom stereocenters. The number of carbonyl (C=O) groups is 2. The summed E-state index contributed by atoms with van der Waals surface area (Å²) >= 11 is 0. The summed E-state index contributed by atoms with van der Waals surface area (Å²) < 4.78 is 7.34. The lowest BCUT2D eigenvalue weighted by atomic mass is 10.1. The lowest BCUT2D eigenvalue weighted by Crippen LogP contribution is -2.49. The van der Waals surface area contributed by atoms with Gasteiger partial charge in [0, 0.05) is 5.56 Å². The van der Waals surface area contributed by atoms with Crippen molar-refractivity contribution in [3.8, 4) is 22.7 Å². The highest BCUT2D eigenvalue weighted by atomic mass is 16.5. The molecule has 0 aliphatic carbocycles. The molecule has 0 bridgehead atoms. The SMILES string of the molecule is NC(=O)[C@H]1CN(C(=O)c2cc(-c3ccccc3)nn2-c2ccccc2)c2ccccc2O1. The number of benzene rings is 3. The highest BCUT2D eigenvalue weighted by Crippen LogP contribution is 2.34. The first-order valence-electron chi connectivity index (χ1n) is 10.2. The van der Waals surface area contributed by atoms with Gasteiger partial charge in [0.05, 0.1) is 23.6 Å². The van der Waals surface area contributed by atoms with E-state index in [0.717, 1.165) is 11.3 Å². The van der Waals surface area contributed by atoms with Crippen LogP contribution in [0.3, 0.4) is 0 Å². The number of hydrogen-bond acceptors (Lipinski definition) is 4. The summed E-state index contributed by atoms with van der Waals surface area (Å²) in [5.41, 5.74) is 8.78. The van der Waals surface area contributed by atoms with Gasteiger partial charge in [-0.15, -0.1) is 0 Å². The maximum absolute atomic E-state index is 13.8. The number of fused-ring (bicyclic) bond motifs is 1. The van der Waals surface area contributed by atoms with Gasteiger partial charge in [-0.05, 0) is 30.3 Å². The van der Waals surface area contributed by atoms with Crippen LogP contribution in [0.15, 0.2) is 91.0 Å². The summed E-state index contributed by atoms with van der Waals surface area (Å²) in [7, 11) is 0. The molecule has 0 fully saturated rings. The number of primary amides is 1. The van der Waals surface area contributed by atoms with E-state index in [1.165, 1.54) is 4.90 Å². The number of nitrogens with zero attached hydrogens (tertiary/aromatic N) is 3. The Kier molecular flexibility index (Phi) is 4.91. The molecule has 0 radical (unpaired) electrons. The minimum atomic E-state index is -0.935. The Balaban J connectivity index is 1.63. The summed E-state index contributed by atoms with van der Waals surface area (Å²) in [6.45, 7) is 0.0197. The van der Waals surface area contributed by atoms with Crippen LogP contribution in [0.1, 0.15) is 10.5 Å². The zero-order chi connectivity index (χ0) is 22.1. The molecule has 4 aromatic rings. The molecule has 158 valence electrons. The van der Waals surface area contributed by atoms with E-state index in [1.807, 2.05) is 66.7 Å². The summed E-state index contributed by atoms with van der Waals surface area (Å²) in [5, 5.41) is 4.72. The van der Waals surface area contributed by atoms with Gasteiger partial charge in [0.15, 0.2) is 6.10 Å². The van der Waals surface area contributed by atoms with Crippen LogP contribution in [0.2, 0.25) is 0 Å². The van der Waals surface area contributed by atoms with Gasteiger partial charge in [-0.1, -0.05) is 60.7 Å². The van der Waals surface area contributed by atoms with Crippen molar-refractivity contribution < 1.29 is 14.3 Å². The van der Waals surface area contributed by atoms with Crippen molar-refractivity contribution in [3.63, 3.8) is 0 Å². The number of aromatic nitrogens is 2. The monoisotopic (exact) mass is 424 g/mol. The standard InChI is InChI=1S/C25H20N4O3/c26-24(30)23-16-28(20-13-7-8-14-22(20)32-23)25(31)21-15-19(17-9-3-1-4-10-17)27-29(21)18-11-5-2-6-12-18/h1-15,23H,16H2,(H2,26,30)/t23-/m1/s1. The number of amides is 2. The zero-order valence-corrected chi connectivity index (χ0v) is 17.1. The largest absolute Gasteiger partial charge is 0.477 e. The minimum absolute atomic E-state index is 0.0197. The maximum atomic E-state index is 13.8. The van der Waals surface area contributed by atoms with Gasteiger partial charge in [0.1, 0.15) is 11.4 Å². The van der Waals surface area contributed by atoms with Crippen LogP contribution in [0.25, 0.3) is 16.9 Å². The molecule has 2 N–H and O–H groups in total. The summed E-state index contributed by atoms with van der Waals surface area (Å²) in [6, 6.07) is 28.0. The Morgan fingerprint density at radius 3 is 2.28 bits per heavy atom. The van der Waals surface area contributed by atoms with Gasteiger partial charge >= 0.3 is 0 Å². The topological polar surface area (TPSA) is 90.5 Å². The average Bonchev–Trinajstić information content (AvgIpc) is 3.29. The molecule has 2 heterocycles. The first-order chi connectivity index (χ1) is 15.6. The smallest absolute Gasteiger partial charge is 0.277 e. The van der Waals surface area contributed by atoms with E-state index >= 15 is 0 Å². The van der Waals surface area contributed by atoms with Crippen molar-refractivity contribution in [3.05, 3.63) is 96.7 Å². The average molecular weight is 424 g/mol. The van der Waals surface area contributed by atoms with E-state index in [0.29, 0.717) is 22.8 Å². The Labute approximate surface area is 184 Å². The third-order valence-corrected chi connectivity index (χ3v) is 5.33. The Morgan fingerprint density at radius 2 is 1.56 bits per heavy atom. The van der Waals surface area contributed by atoms with Gasteiger partial charge in [-0.2, -0.15) is 5.10 Å². The fourth-order valence-electron chi connectivity index (χ4n) is 3.76. The highest BCUT2D eigenvalue weighted by molar-refractivity contribution is 6.07. The Bertz CT molecular complexity index is 1290. The summed E-state index contributed by atoms with van der Waals surface area (Å²) in [4.78, 5) is 27.2. The lowest BCUT2D eigenvalue weighted by molar-refractivity contribution is -0.124. The minimum Gasteiger partial charge on any atom is -0.477 e. The predicted molar refractivity (Wildman–Crippen MR) is 121 cm³/mol. The van der Waals surface area contributed by atoms with E-state index in [2.05, 4.69) is 0 Å². The number of hydrogen-bond donors (Lipinski definition) is 1. The third kappa shape index (κ3) is 3.50. The van der Waals surface area contributed by atoms with Crippen LogP contribution in [-0.2, 0) is 4.79 Å². The van der Waals surface area contributed by atoms with Crippen LogP contribution in [0, 0.1) is 0 Å². The van der Waals surface area contributed by atoms with Gasteiger partial charge < -0.3 is 10.5 Å². The fraction of sp³-hybridized carbons (Fsp3) is 0.0800. The van der Waals surface area contributed by atoms with Crippen molar-refractivity contribution >= 4 is 17.5 Å². The molecule has 0 saturated heterocycles. The third-order valence-electron chi connectivity index (χ3n) is 5.33. The van der Waals surface area contributed by atoms with E-state index in [4.69, 9.17) is 15.6 Å². The van der Waals surface area contributed by atoms with Crippen molar-refractivity contribution in [2.45, 2.75) is 6.10 Å². The van der Waals surface area contributed by atoms with Crippen LogP contribution in [0.5, 0.6) is 5.75 Å². The van der Waals surface area contributed by atoms with Crippen molar-refractivity contribution in [1.29, 1.82) is 0 Å². The van der Waals surface area contributed by atoms with Crippen molar-refractivity contribution in [2.75, 3.05) is 11.4 Å². The molecule has 0 spiro atoms. The number of ether oxygens (including phenoxy) is 1. The molecular weight excluding hydrogens is 404 g/mol. The van der Waals surface area contributed by atoms with Crippen LogP contribution < -0.4 is 15.4 Å². The van der Waals surface area contributed by atoms with Crippen LogP contribution in [0.4, 0.5) is 5.69 Å². The molecule has 7 heteroatoms. The molecule has 2 amide bonds. The normalized spacial score (nSPS) is 15.0. The van der Waals surface area contributed by atoms with Gasteiger partial charge in [0.2, 0.25) is 0 Å². The van der Waals surface area contributed by atoms with E-state index in [9.17, 15) is 9.59 Å². The van der Waals surface area contributed by atoms with Gasteiger partial charge in [0.25, 0.3) is 11.8 Å². The van der Waals surface area contributed by atoms with Gasteiger partial charge in [-0.25, -0.2) is 4.68 Å². The summed E-state index contributed by atoms with van der Waals surface area (Å²) in [6.07, 6.45) is -0.935. The molecular formula is C25H20N4O3. The second-order valence-electron chi connectivity index (χ2n) is 7.42. The molecule has 5 rings (SSSR count). The molecule has 32 heavy (non-hydrogen) atoms. The number of nitrogens with two attached hydrogens (primary N) is 1. The maximum Gasteiger partial charge on any atom is 0.277 e. The van der Waals surface area contributed by atoms with Crippen molar-refractivity contribution in [1.82, 2.24) is 9.78 Å². The second kappa shape index (κ2) is 8.03. The Hall–Kier alpha value is -4.39. The number of rotatable bonds is 4. The molecule has 1 aliphatic rings. The molecule has 3 aromatic carbocycles. The fourth-order valence-corrected chi connectivity index (χ4v) is 3.76. The zero-order valence-electron chi connectivity index (χ0n) is 17.1. The predicted octanol–water partition coefficient (Wildman–Crippen LogP) is 3.43. The van der Waals surface area contributed by atoms with E-state index < -0.39 is 12.0 Å². The van der Waals surface area contributed by atoms with E-state index in [1.54, 1.807) is 28.9 Å². The number of para-hydroxylation sites is 3. The quantitative estimate of drug-likeness (QED) is 0.543. The van der Waals surface area contributed by atoms with Crippen LogP contribution in [-0.4, -0.2) is 34.2 Å². The van der Waals surface area contributed by atoms with Crippen LogP contribution >= 0.6 is 0 Å². The highest BCUT2D eigenvalue weighted by Gasteiger charge is 2.34. The Morgan fingerprint density at radius 1 is 0.906 bits per heavy atom. The second-order valence-corrected chi connectivity index (χ2v) is 7.42. The van der Waals surface area contributed by atoms with Crippen molar-refractivity contribution in [2.24, 2.45) is 5.73 Å². The molecule has 7 nitrogen and oxygen atoms in total. The molecule has 0 unspecified atom stereocenters. The number of carbonyl (C=O) groups excluding carboxylic acids is 2. The summed E-state index contributed by atoms with van der Waals surface area (Å²) in [5.74, 6) is -0.491. The molecule has 1 aromatic heterocycles.